The molecule has 3 nitrogen and oxygen atoms in total. The number of hydrogen-bond acceptors (Lipinski definition) is 2. The fourth-order valence-electron chi connectivity index (χ4n) is 1.48. The summed E-state index contributed by atoms with van der Waals surface area (Å²) in [5, 5.41) is 12.2. The summed E-state index contributed by atoms with van der Waals surface area (Å²) < 4.78 is 0.992. The number of aromatic carboxylic acids is 1. The Balaban J connectivity index is 2.37. The fraction of sp³-hybridized carbons (Fsp3) is 0. The molecule has 86 valence electrons. The number of carboxylic acids is 1. The van der Waals surface area contributed by atoms with Gasteiger partial charge < -0.3 is 10.4 Å². The Morgan fingerprint density at radius 3 is 2.47 bits per heavy atom. The van der Waals surface area contributed by atoms with Crippen LogP contribution in [0.15, 0.2) is 48.5 Å². The molecule has 0 amide bonds. The average molecular weight is 339 g/mol. The Hall–Kier alpha value is -1.56. The second-order valence-electron chi connectivity index (χ2n) is 3.49. The van der Waals surface area contributed by atoms with Gasteiger partial charge in [0.15, 0.2) is 0 Å². The highest BCUT2D eigenvalue weighted by atomic mass is 127. The zero-order valence-corrected chi connectivity index (χ0v) is 11.0. The van der Waals surface area contributed by atoms with Crippen molar-refractivity contribution in [2.24, 2.45) is 0 Å². The monoisotopic (exact) mass is 339 g/mol. The highest BCUT2D eigenvalue weighted by Crippen LogP contribution is 2.23. The van der Waals surface area contributed by atoms with Crippen LogP contribution in [-0.2, 0) is 0 Å². The molecule has 0 aromatic heterocycles. The van der Waals surface area contributed by atoms with Crippen molar-refractivity contribution in [2.75, 3.05) is 5.32 Å². The van der Waals surface area contributed by atoms with E-state index in [0.717, 1.165) is 9.26 Å². The number of benzene rings is 2. The third-order valence-electron chi connectivity index (χ3n) is 2.26. The third kappa shape index (κ3) is 2.97. The van der Waals surface area contributed by atoms with E-state index in [4.69, 9.17) is 5.11 Å². The molecule has 0 unspecified atom stereocenters. The molecule has 0 spiro atoms. The van der Waals surface area contributed by atoms with Crippen LogP contribution < -0.4 is 5.32 Å². The van der Waals surface area contributed by atoms with Crippen LogP contribution in [0.4, 0.5) is 11.4 Å². The number of nitrogens with one attached hydrogen (secondary N) is 1. The Kier molecular flexibility index (Phi) is 3.63. The van der Waals surface area contributed by atoms with Crippen molar-refractivity contribution in [3.8, 4) is 0 Å². The van der Waals surface area contributed by atoms with Crippen molar-refractivity contribution >= 4 is 39.9 Å². The van der Waals surface area contributed by atoms with Gasteiger partial charge in [-0.1, -0.05) is 18.2 Å². The van der Waals surface area contributed by atoms with E-state index in [1.807, 2.05) is 36.4 Å². The van der Waals surface area contributed by atoms with Crippen LogP contribution in [0.5, 0.6) is 0 Å². The summed E-state index contributed by atoms with van der Waals surface area (Å²) in [5.41, 5.74) is 1.75. The molecule has 4 heteroatoms. The average Bonchev–Trinajstić information content (AvgIpc) is 2.30. The van der Waals surface area contributed by atoms with E-state index in [1.165, 1.54) is 0 Å². The molecule has 0 saturated heterocycles. The lowest BCUT2D eigenvalue weighted by Gasteiger charge is -2.09. The molecule has 2 N–H and O–H groups in total. The number of rotatable bonds is 3. The quantitative estimate of drug-likeness (QED) is 0.838. The highest BCUT2D eigenvalue weighted by Gasteiger charge is 2.10. The zero-order valence-electron chi connectivity index (χ0n) is 8.85. The van der Waals surface area contributed by atoms with Crippen LogP contribution in [-0.4, -0.2) is 11.1 Å². The Labute approximate surface area is 113 Å². The van der Waals surface area contributed by atoms with Gasteiger partial charge >= 0.3 is 5.97 Å². The van der Waals surface area contributed by atoms with Crippen molar-refractivity contribution in [2.45, 2.75) is 0 Å². The van der Waals surface area contributed by atoms with Gasteiger partial charge in [0.2, 0.25) is 0 Å². The van der Waals surface area contributed by atoms with Crippen LogP contribution in [0, 0.1) is 3.57 Å². The highest BCUT2D eigenvalue weighted by molar-refractivity contribution is 14.1. The van der Waals surface area contributed by atoms with Crippen LogP contribution in [0.3, 0.4) is 0 Å². The summed E-state index contributed by atoms with van der Waals surface area (Å²) in [5.74, 6) is -0.931. The second kappa shape index (κ2) is 5.18. The standard InChI is InChI=1S/C13H10INO2/c14-9-6-7-11(13(16)17)12(8-9)15-10-4-2-1-3-5-10/h1-8,15H,(H,16,17). The van der Waals surface area contributed by atoms with E-state index in [9.17, 15) is 4.79 Å². The Bertz CT molecular complexity index is 540. The topological polar surface area (TPSA) is 49.3 Å². The first-order valence-corrected chi connectivity index (χ1v) is 6.09. The molecule has 2 rings (SSSR count). The maximum atomic E-state index is 11.1. The van der Waals surface area contributed by atoms with E-state index >= 15 is 0 Å². The summed E-state index contributed by atoms with van der Waals surface area (Å²) in [4.78, 5) is 11.1. The lowest BCUT2D eigenvalue weighted by molar-refractivity contribution is 0.0698. The van der Waals surface area contributed by atoms with Crippen molar-refractivity contribution < 1.29 is 9.90 Å². The van der Waals surface area contributed by atoms with Crippen molar-refractivity contribution in [1.29, 1.82) is 0 Å². The van der Waals surface area contributed by atoms with Gasteiger partial charge in [0.25, 0.3) is 0 Å². The van der Waals surface area contributed by atoms with Gasteiger partial charge in [-0.05, 0) is 52.9 Å². The number of carboxylic acid groups (broad SMARTS) is 1. The molecule has 0 atom stereocenters. The van der Waals surface area contributed by atoms with Crippen LogP contribution in [0.25, 0.3) is 0 Å². The summed E-state index contributed by atoms with van der Waals surface area (Å²) in [6.45, 7) is 0. The molecule has 2 aromatic rings. The van der Waals surface area contributed by atoms with E-state index in [2.05, 4.69) is 27.9 Å². The molecule has 17 heavy (non-hydrogen) atoms. The van der Waals surface area contributed by atoms with Crippen LogP contribution in [0.1, 0.15) is 10.4 Å². The number of anilines is 2. The van der Waals surface area contributed by atoms with Crippen molar-refractivity contribution in [3.63, 3.8) is 0 Å². The maximum Gasteiger partial charge on any atom is 0.337 e. The molecule has 2 aromatic carbocycles. The summed E-state index contributed by atoms with van der Waals surface area (Å²) in [6.07, 6.45) is 0. The summed E-state index contributed by atoms with van der Waals surface area (Å²) in [6, 6.07) is 14.7. The largest absolute Gasteiger partial charge is 0.478 e. The summed E-state index contributed by atoms with van der Waals surface area (Å²) in [7, 11) is 0. The van der Waals surface area contributed by atoms with Gasteiger partial charge in [-0.25, -0.2) is 4.79 Å². The molecule has 0 aliphatic carbocycles. The molecular weight excluding hydrogens is 329 g/mol. The third-order valence-corrected chi connectivity index (χ3v) is 2.94. The molecule has 0 fully saturated rings. The predicted molar refractivity (Wildman–Crippen MR) is 75.8 cm³/mol. The van der Waals surface area contributed by atoms with E-state index in [0.29, 0.717) is 5.69 Å². The molecule has 0 aliphatic heterocycles. The van der Waals surface area contributed by atoms with Crippen molar-refractivity contribution in [1.82, 2.24) is 0 Å². The molecular formula is C13H10INO2. The van der Waals surface area contributed by atoms with Gasteiger partial charge in [-0.2, -0.15) is 0 Å². The minimum Gasteiger partial charge on any atom is -0.478 e. The number of para-hydroxylation sites is 1. The van der Waals surface area contributed by atoms with Crippen LogP contribution >= 0.6 is 22.6 Å². The summed E-state index contributed by atoms with van der Waals surface area (Å²) >= 11 is 2.16. The lowest BCUT2D eigenvalue weighted by atomic mass is 10.1. The first-order valence-electron chi connectivity index (χ1n) is 5.02. The minimum absolute atomic E-state index is 0.272. The molecule has 0 saturated carbocycles. The first kappa shape index (κ1) is 11.9. The molecule has 0 radical (unpaired) electrons. The molecule has 0 bridgehead atoms. The SMILES string of the molecule is O=C(O)c1ccc(I)cc1Nc1ccccc1. The van der Waals surface area contributed by atoms with Gasteiger partial charge in [0, 0.05) is 9.26 Å². The zero-order chi connectivity index (χ0) is 12.3. The Morgan fingerprint density at radius 2 is 1.82 bits per heavy atom. The molecule has 0 heterocycles. The second-order valence-corrected chi connectivity index (χ2v) is 4.73. The van der Waals surface area contributed by atoms with E-state index < -0.39 is 5.97 Å². The number of halogens is 1. The number of carbonyl (C=O) groups is 1. The van der Waals surface area contributed by atoms with Crippen LogP contribution in [0.2, 0.25) is 0 Å². The predicted octanol–water partition coefficient (Wildman–Crippen LogP) is 3.73. The molecule has 0 aliphatic rings. The normalized spacial score (nSPS) is 9.94. The van der Waals surface area contributed by atoms with Gasteiger partial charge in [-0.3, -0.25) is 0 Å². The smallest absolute Gasteiger partial charge is 0.337 e. The van der Waals surface area contributed by atoms with Gasteiger partial charge in [0.05, 0.1) is 11.3 Å². The van der Waals surface area contributed by atoms with E-state index in [-0.39, 0.29) is 5.56 Å². The van der Waals surface area contributed by atoms with Gasteiger partial charge in [-0.15, -0.1) is 0 Å². The van der Waals surface area contributed by atoms with Crippen molar-refractivity contribution in [3.05, 3.63) is 57.7 Å². The number of hydrogen-bond donors (Lipinski definition) is 2. The van der Waals surface area contributed by atoms with Gasteiger partial charge in [0.1, 0.15) is 0 Å². The first-order chi connectivity index (χ1) is 8.16. The fourth-order valence-corrected chi connectivity index (χ4v) is 1.97. The van der Waals surface area contributed by atoms with E-state index in [1.54, 1.807) is 12.1 Å². The Morgan fingerprint density at radius 1 is 1.12 bits per heavy atom. The maximum absolute atomic E-state index is 11.1. The lowest BCUT2D eigenvalue weighted by Crippen LogP contribution is -2.02. The minimum atomic E-state index is -0.931.